The van der Waals surface area contributed by atoms with E-state index in [1.807, 2.05) is 42.6 Å². The molecule has 1 aromatic carbocycles. The molecule has 1 saturated heterocycles. The van der Waals surface area contributed by atoms with E-state index < -0.39 is 10.0 Å². The Morgan fingerprint density at radius 1 is 1.11 bits per heavy atom. The van der Waals surface area contributed by atoms with Crippen molar-refractivity contribution in [1.82, 2.24) is 14.2 Å². The number of amides is 1. The highest BCUT2D eigenvalue weighted by Gasteiger charge is 2.26. The molecule has 0 saturated carbocycles. The molecular weight excluding hydrogens is 382 g/mol. The number of nitrogens with zero attached hydrogens (tertiary/aromatic N) is 3. The third-order valence-corrected chi connectivity index (χ3v) is 6.53. The molecule has 1 aliphatic rings. The van der Waals surface area contributed by atoms with E-state index in [2.05, 4.69) is 4.98 Å². The third-order valence-electron chi connectivity index (χ3n) is 4.18. The van der Waals surface area contributed by atoms with Crippen LogP contribution in [0.3, 0.4) is 0 Å². The van der Waals surface area contributed by atoms with Crippen LogP contribution in [0.5, 0.6) is 0 Å². The maximum atomic E-state index is 12.5. The van der Waals surface area contributed by atoms with Gasteiger partial charge in [0.05, 0.1) is 10.7 Å². The SMILES string of the molecule is Cc1nc(/C=C/C(=O)N2CCN(S(=O)(=O)/C=C/c3ccccc3)CC2)cs1. The van der Waals surface area contributed by atoms with Crippen molar-refractivity contribution in [3.8, 4) is 0 Å². The van der Waals surface area contributed by atoms with Gasteiger partial charge in [-0.1, -0.05) is 30.3 Å². The minimum absolute atomic E-state index is 0.127. The van der Waals surface area contributed by atoms with E-state index >= 15 is 0 Å². The number of carbonyl (C=O) groups excluding carboxylic acids is 1. The fourth-order valence-electron chi connectivity index (χ4n) is 2.70. The lowest BCUT2D eigenvalue weighted by molar-refractivity contribution is -0.127. The summed E-state index contributed by atoms with van der Waals surface area (Å²) in [4.78, 5) is 18.2. The third kappa shape index (κ3) is 5.35. The zero-order valence-corrected chi connectivity index (χ0v) is 16.6. The Bertz CT molecular complexity index is 942. The highest BCUT2D eigenvalue weighted by Crippen LogP contribution is 2.13. The van der Waals surface area contributed by atoms with Gasteiger partial charge in [-0.2, -0.15) is 4.31 Å². The van der Waals surface area contributed by atoms with Crippen molar-refractivity contribution in [3.63, 3.8) is 0 Å². The van der Waals surface area contributed by atoms with Crippen LogP contribution in [0.1, 0.15) is 16.3 Å². The number of hydrogen-bond acceptors (Lipinski definition) is 5. The summed E-state index contributed by atoms with van der Waals surface area (Å²) in [6.07, 6.45) is 4.77. The van der Waals surface area contributed by atoms with Gasteiger partial charge >= 0.3 is 0 Å². The van der Waals surface area contributed by atoms with Gasteiger partial charge in [0.2, 0.25) is 15.9 Å². The van der Waals surface area contributed by atoms with Gasteiger partial charge in [-0.3, -0.25) is 4.79 Å². The largest absolute Gasteiger partial charge is 0.337 e. The number of aryl methyl sites for hydroxylation is 1. The van der Waals surface area contributed by atoms with Crippen molar-refractivity contribution in [2.24, 2.45) is 0 Å². The summed E-state index contributed by atoms with van der Waals surface area (Å²) in [5.74, 6) is -0.127. The van der Waals surface area contributed by atoms with Crippen molar-refractivity contribution >= 4 is 39.4 Å². The Morgan fingerprint density at radius 3 is 2.44 bits per heavy atom. The van der Waals surface area contributed by atoms with Crippen LogP contribution in [0, 0.1) is 6.92 Å². The number of sulfonamides is 1. The summed E-state index contributed by atoms with van der Waals surface area (Å²) in [6.45, 7) is 3.23. The maximum absolute atomic E-state index is 12.5. The molecule has 0 unspecified atom stereocenters. The highest BCUT2D eigenvalue weighted by atomic mass is 32.2. The number of benzene rings is 1. The first-order valence-electron chi connectivity index (χ1n) is 8.56. The van der Waals surface area contributed by atoms with Crippen molar-refractivity contribution in [2.75, 3.05) is 26.2 Å². The summed E-state index contributed by atoms with van der Waals surface area (Å²) in [6, 6.07) is 9.29. The topological polar surface area (TPSA) is 70.6 Å². The monoisotopic (exact) mass is 403 g/mol. The number of hydrogen-bond donors (Lipinski definition) is 0. The van der Waals surface area contributed by atoms with Gasteiger partial charge < -0.3 is 4.90 Å². The predicted molar refractivity (Wildman–Crippen MR) is 108 cm³/mol. The molecule has 0 aliphatic carbocycles. The molecule has 1 fully saturated rings. The number of aromatic nitrogens is 1. The molecule has 6 nitrogen and oxygen atoms in total. The minimum atomic E-state index is -3.49. The Balaban J connectivity index is 1.55. The normalized spacial score (nSPS) is 16.4. The second-order valence-corrected chi connectivity index (χ2v) is 8.99. The van der Waals surface area contributed by atoms with Crippen LogP contribution < -0.4 is 0 Å². The van der Waals surface area contributed by atoms with Gasteiger partial charge in [0.15, 0.2) is 0 Å². The van der Waals surface area contributed by atoms with E-state index in [0.717, 1.165) is 16.3 Å². The van der Waals surface area contributed by atoms with E-state index in [1.165, 1.54) is 27.1 Å². The van der Waals surface area contributed by atoms with Crippen LogP contribution in [-0.2, 0) is 14.8 Å². The molecule has 2 aromatic rings. The number of piperazine rings is 1. The number of carbonyl (C=O) groups is 1. The molecule has 0 atom stereocenters. The van der Waals surface area contributed by atoms with Gasteiger partial charge in [-0.05, 0) is 24.6 Å². The second kappa shape index (κ2) is 8.60. The zero-order valence-electron chi connectivity index (χ0n) is 15.0. The standard InChI is InChI=1S/C19H21N3O3S2/c1-16-20-18(15-26-16)7-8-19(23)21-10-12-22(13-11-21)27(24,25)14-9-17-5-3-2-4-6-17/h2-9,14-15H,10-13H2,1H3/b8-7+,14-9+. The number of thiazole rings is 1. The Morgan fingerprint density at radius 2 is 1.81 bits per heavy atom. The second-order valence-electron chi connectivity index (χ2n) is 6.11. The molecule has 27 heavy (non-hydrogen) atoms. The first-order chi connectivity index (χ1) is 12.9. The van der Waals surface area contributed by atoms with E-state index in [4.69, 9.17) is 0 Å². The molecule has 1 aliphatic heterocycles. The van der Waals surface area contributed by atoms with Gasteiger partial charge in [-0.25, -0.2) is 13.4 Å². The van der Waals surface area contributed by atoms with Gasteiger partial charge in [0.1, 0.15) is 0 Å². The Kier molecular flexibility index (Phi) is 6.20. The molecule has 142 valence electrons. The van der Waals surface area contributed by atoms with E-state index in [0.29, 0.717) is 13.1 Å². The van der Waals surface area contributed by atoms with Gasteiger partial charge in [0.25, 0.3) is 0 Å². The molecule has 1 amide bonds. The summed E-state index contributed by atoms with van der Waals surface area (Å²) in [7, 11) is -3.49. The van der Waals surface area contributed by atoms with Gasteiger partial charge in [-0.15, -0.1) is 11.3 Å². The molecule has 2 heterocycles. The Hall–Kier alpha value is -2.29. The predicted octanol–water partition coefficient (Wildman–Crippen LogP) is 2.61. The number of rotatable bonds is 5. The van der Waals surface area contributed by atoms with Crippen LogP contribution in [0.4, 0.5) is 0 Å². The summed E-state index contributed by atoms with van der Waals surface area (Å²) in [5.41, 5.74) is 1.59. The quantitative estimate of drug-likeness (QED) is 0.720. The maximum Gasteiger partial charge on any atom is 0.246 e. The molecule has 0 spiro atoms. The first-order valence-corrected chi connectivity index (χ1v) is 10.9. The first kappa shape index (κ1) is 19.5. The van der Waals surface area contributed by atoms with Crippen LogP contribution in [-0.4, -0.2) is 54.7 Å². The molecule has 3 rings (SSSR count). The minimum Gasteiger partial charge on any atom is -0.337 e. The van der Waals surface area contributed by atoms with E-state index in [1.54, 1.807) is 17.1 Å². The molecule has 0 bridgehead atoms. The lowest BCUT2D eigenvalue weighted by Crippen LogP contribution is -2.49. The summed E-state index contributed by atoms with van der Waals surface area (Å²) in [5, 5.41) is 4.07. The van der Waals surface area contributed by atoms with E-state index in [-0.39, 0.29) is 19.0 Å². The fourth-order valence-corrected chi connectivity index (χ4v) is 4.45. The van der Waals surface area contributed by atoms with Crippen LogP contribution in [0.15, 0.2) is 47.2 Å². The van der Waals surface area contributed by atoms with Crippen molar-refractivity contribution in [2.45, 2.75) is 6.92 Å². The molecule has 1 aromatic heterocycles. The smallest absolute Gasteiger partial charge is 0.246 e. The average Bonchev–Trinajstić information content (AvgIpc) is 3.11. The van der Waals surface area contributed by atoms with Crippen molar-refractivity contribution in [3.05, 3.63) is 63.5 Å². The molecular formula is C19H21N3O3S2. The van der Waals surface area contributed by atoms with Crippen LogP contribution in [0.2, 0.25) is 0 Å². The van der Waals surface area contributed by atoms with Crippen LogP contribution >= 0.6 is 11.3 Å². The van der Waals surface area contributed by atoms with Crippen LogP contribution in [0.25, 0.3) is 12.2 Å². The zero-order chi connectivity index (χ0) is 19.3. The van der Waals surface area contributed by atoms with E-state index in [9.17, 15) is 13.2 Å². The van der Waals surface area contributed by atoms with Gasteiger partial charge in [0, 0.05) is 43.0 Å². The molecule has 8 heteroatoms. The molecule has 0 N–H and O–H groups in total. The van der Waals surface area contributed by atoms with Crippen molar-refractivity contribution < 1.29 is 13.2 Å². The summed E-state index contributed by atoms with van der Waals surface area (Å²) < 4.78 is 26.3. The lowest BCUT2D eigenvalue weighted by Gasteiger charge is -2.32. The lowest BCUT2D eigenvalue weighted by atomic mass is 10.2. The fraction of sp³-hybridized carbons (Fsp3) is 0.263. The summed E-state index contributed by atoms with van der Waals surface area (Å²) >= 11 is 1.53. The molecule has 0 radical (unpaired) electrons. The highest BCUT2D eigenvalue weighted by molar-refractivity contribution is 7.92. The Labute approximate surface area is 163 Å². The average molecular weight is 404 g/mol. The van der Waals surface area contributed by atoms with Crippen molar-refractivity contribution in [1.29, 1.82) is 0 Å².